The number of rotatable bonds is 4. The maximum Gasteiger partial charge on any atom is 0.223 e. The molecule has 0 fully saturated rings. The minimum Gasteiger partial charge on any atom is -0.393 e. The second-order valence-electron chi connectivity index (χ2n) is 4.69. The zero-order valence-electron chi connectivity index (χ0n) is 11.2. The highest BCUT2D eigenvalue weighted by Gasteiger charge is 2.08. The molecule has 0 saturated carbocycles. The van der Waals surface area contributed by atoms with Crippen LogP contribution in [0.1, 0.15) is 5.69 Å². The Morgan fingerprint density at radius 3 is 2.81 bits per heavy atom. The molecule has 0 atom stereocenters. The summed E-state index contributed by atoms with van der Waals surface area (Å²) in [7, 11) is 0. The smallest absolute Gasteiger partial charge is 0.223 e. The Balaban J connectivity index is 1.68. The van der Waals surface area contributed by atoms with Gasteiger partial charge in [0, 0.05) is 24.2 Å². The number of halogens is 1. The van der Waals surface area contributed by atoms with Gasteiger partial charge in [-0.2, -0.15) is 9.97 Å². The van der Waals surface area contributed by atoms with Crippen LogP contribution in [0.3, 0.4) is 0 Å². The van der Waals surface area contributed by atoms with Crippen LogP contribution < -0.4 is 16.8 Å². The summed E-state index contributed by atoms with van der Waals surface area (Å²) in [5, 5.41) is 4.49. The van der Waals surface area contributed by atoms with E-state index < -0.39 is 0 Å². The first kappa shape index (κ1) is 13.5. The molecule has 3 aromatic rings. The van der Waals surface area contributed by atoms with E-state index in [4.69, 9.17) is 23.1 Å². The molecule has 6 nitrogen and oxygen atoms in total. The normalized spacial score (nSPS) is 10.9. The molecule has 0 saturated heterocycles. The van der Waals surface area contributed by atoms with Crippen molar-refractivity contribution in [2.75, 3.05) is 23.3 Å². The van der Waals surface area contributed by atoms with Gasteiger partial charge in [-0.25, -0.2) is 0 Å². The number of aromatic nitrogens is 3. The first-order valence-electron chi connectivity index (χ1n) is 6.52. The standard InChI is InChI=1S/C14H15ClN6/c15-12-11(16)13(21-14(17)20-12)18-6-5-9-7-8-3-1-2-4-10(8)19-9/h1-4,7,19H,5-6,16H2,(H3,17,18,20,21). The maximum atomic E-state index is 5.87. The summed E-state index contributed by atoms with van der Waals surface area (Å²) >= 11 is 5.87. The van der Waals surface area contributed by atoms with Crippen LogP contribution in [-0.4, -0.2) is 21.5 Å². The number of hydrogen-bond donors (Lipinski definition) is 4. The molecule has 2 aromatic heterocycles. The van der Waals surface area contributed by atoms with Gasteiger partial charge in [-0.15, -0.1) is 0 Å². The molecule has 1 aromatic carbocycles. The van der Waals surface area contributed by atoms with Gasteiger partial charge in [0.15, 0.2) is 11.0 Å². The van der Waals surface area contributed by atoms with Gasteiger partial charge in [0.1, 0.15) is 5.69 Å². The second kappa shape index (κ2) is 5.49. The molecule has 0 amide bonds. The molecule has 0 spiro atoms. The molecule has 21 heavy (non-hydrogen) atoms. The SMILES string of the molecule is Nc1nc(Cl)c(N)c(NCCc2cc3ccccc3[nH]2)n1. The Hall–Kier alpha value is -2.47. The molecule has 0 unspecified atom stereocenters. The van der Waals surface area contributed by atoms with Crippen molar-refractivity contribution in [2.45, 2.75) is 6.42 Å². The van der Waals surface area contributed by atoms with E-state index in [1.807, 2.05) is 12.1 Å². The van der Waals surface area contributed by atoms with Crippen LogP contribution in [-0.2, 0) is 6.42 Å². The van der Waals surface area contributed by atoms with Crippen LogP contribution in [0.25, 0.3) is 10.9 Å². The van der Waals surface area contributed by atoms with Crippen molar-refractivity contribution >= 4 is 40.0 Å². The van der Waals surface area contributed by atoms with Crippen molar-refractivity contribution in [2.24, 2.45) is 0 Å². The topological polar surface area (TPSA) is 106 Å². The molecule has 7 heteroatoms. The highest BCUT2D eigenvalue weighted by Crippen LogP contribution is 2.24. The number of hydrogen-bond acceptors (Lipinski definition) is 5. The Morgan fingerprint density at radius 2 is 2.00 bits per heavy atom. The Labute approximate surface area is 126 Å². The Morgan fingerprint density at radius 1 is 1.19 bits per heavy atom. The second-order valence-corrected chi connectivity index (χ2v) is 5.05. The molecule has 0 radical (unpaired) electrons. The fourth-order valence-electron chi connectivity index (χ4n) is 2.18. The van der Waals surface area contributed by atoms with Crippen LogP contribution >= 0.6 is 11.6 Å². The van der Waals surface area contributed by atoms with E-state index in [0.29, 0.717) is 18.1 Å². The fraction of sp³-hybridized carbons (Fsp3) is 0.143. The lowest BCUT2D eigenvalue weighted by atomic mass is 10.2. The van der Waals surface area contributed by atoms with Gasteiger partial charge >= 0.3 is 0 Å². The number of nitrogen functional groups attached to an aromatic ring is 2. The molecule has 0 aliphatic carbocycles. The molecule has 2 heterocycles. The van der Waals surface area contributed by atoms with Crippen LogP contribution in [0.15, 0.2) is 30.3 Å². The van der Waals surface area contributed by atoms with Crippen molar-refractivity contribution in [1.29, 1.82) is 0 Å². The number of para-hydroxylation sites is 1. The van der Waals surface area contributed by atoms with E-state index in [2.05, 4.69) is 38.5 Å². The third-order valence-electron chi connectivity index (χ3n) is 3.19. The quantitative estimate of drug-likeness (QED) is 0.554. The highest BCUT2D eigenvalue weighted by atomic mass is 35.5. The summed E-state index contributed by atoms with van der Waals surface area (Å²) in [4.78, 5) is 11.2. The van der Waals surface area contributed by atoms with Gasteiger partial charge in [-0.1, -0.05) is 29.8 Å². The van der Waals surface area contributed by atoms with Crippen molar-refractivity contribution in [3.8, 4) is 0 Å². The van der Waals surface area contributed by atoms with E-state index >= 15 is 0 Å². The zero-order valence-corrected chi connectivity index (χ0v) is 12.0. The van der Waals surface area contributed by atoms with Crippen LogP contribution in [0.2, 0.25) is 5.15 Å². The summed E-state index contributed by atoms with van der Waals surface area (Å²) in [6.07, 6.45) is 0.801. The van der Waals surface area contributed by atoms with Gasteiger partial charge in [-0.05, 0) is 17.5 Å². The van der Waals surface area contributed by atoms with Gasteiger partial charge in [0.05, 0.1) is 0 Å². The molecule has 6 N–H and O–H groups in total. The van der Waals surface area contributed by atoms with Crippen LogP contribution in [0.5, 0.6) is 0 Å². The Bertz CT molecular complexity index is 749. The van der Waals surface area contributed by atoms with Crippen LogP contribution in [0.4, 0.5) is 17.5 Å². The summed E-state index contributed by atoms with van der Waals surface area (Å²) in [6, 6.07) is 10.3. The molecule has 0 aliphatic heterocycles. The van der Waals surface area contributed by atoms with E-state index in [1.165, 1.54) is 5.39 Å². The number of H-pyrrole nitrogens is 1. The van der Waals surface area contributed by atoms with E-state index in [9.17, 15) is 0 Å². The van der Waals surface area contributed by atoms with Gasteiger partial charge in [-0.3, -0.25) is 0 Å². The summed E-state index contributed by atoms with van der Waals surface area (Å²) in [5.74, 6) is 0.561. The minimum atomic E-state index is 0.0994. The number of anilines is 3. The fourth-order valence-corrected chi connectivity index (χ4v) is 2.35. The van der Waals surface area contributed by atoms with Crippen molar-refractivity contribution < 1.29 is 0 Å². The molecular weight excluding hydrogens is 288 g/mol. The molecule has 3 rings (SSSR count). The monoisotopic (exact) mass is 302 g/mol. The highest BCUT2D eigenvalue weighted by molar-refractivity contribution is 6.32. The number of nitrogens with zero attached hydrogens (tertiary/aromatic N) is 2. The van der Waals surface area contributed by atoms with E-state index in [1.54, 1.807) is 0 Å². The number of aromatic amines is 1. The van der Waals surface area contributed by atoms with Crippen LogP contribution in [0, 0.1) is 0 Å². The van der Waals surface area contributed by atoms with Gasteiger partial charge in [0.2, 0.25) is 5.95 Å². The lowest BCUT2D eigenvalue weighted by molar-refractivity contribution is 0.972. The molecule has 0 bridgehead atoms. The average molecular weight is 303 g/mol. The Kier molecular flexibility index (Phi) is 3.53. The number of nitrogens with one attached hydrogen (secondary N) is 2. The largest absolute Gasteiger partial charge is 0.393 e. The van der Waals surface area contributed by atoms with Gasteiger partial charge < -0.3 is 21.8 Å². The number of benzene rings is 1. The van der Waals surface area contributed by atoms with Crippen molar-refractivity contribution in [1.82, 2.24) is 15.0 Å². The molecular formula is C14H15ClN6. The van der Waals surface area contributed by atoms with E-state index in [-0.39, 0.29) is 11.1 Å². The number of nitrogens with two attached hydrogens (primary N) is 2. The van der Waals surface area contributed by atoms with Crippen molar-refractivity contribution in [3.63, 3.8) is 0 Å². The third kappa shape index (κ3) is 2.85. The maximum absolute atomic E-state index is 5.87. The lowest BCUT2D eigenvalue weighted by Crippen LogP contribution is -2.11. The third-order valence-corrected chi connectivity index (χ3v) is 3.48. The average Bonchev–Trinajstić information content (AvgIpc) is 2.86. The lowest BCUT2D eigenvalue weighted by Gasteiger charge is -2.09. The predicted molar refractivity (Wildman–Crippen MR) is 86.4 cm³/mol. The first-order chi connectivity index (χ1) is 10.1. The summed E-state index contributed by atoms with van der Waals surface area (Å²) < 4.78 is 0. The first-order valence-corrected chi connectivity index (χ1v) is 6.90. The summed E-state index contributed by atoms with van der Waals surface area (Å²) in [6.45, 7) is 0.657. The minimum absolute atomic E-state index is 0.0994. The zero-order chi connectivity index (χ0) is 14.8. The number of fused-ring (bicyclic) bond motifs is 1. The van der Waals surface area contributed by atoms with E-state index in [0.717, 1.165) is 17.6 Å². The molecule has 0 aliphatic rings. The van der Waals surface area contributed by atoms with Gasteiger partial charge in [0.25, 0.3) is 0 Å². The molecule has 108 valence electrons. The predicted octanol–water partition coefficient (Wildman–Crippen LogP) is 2.43. The summed E-state index contributed by atoms with van der Waals surface area (Å²) in [5.41, 5.74) is 13.9. The van der Waals surface area contributed by atoms with Crippen molar-refractivity contribution in [3.05, 3.63) is 41.2 Å².